The van der Waals surface area contributed by atoms with Crippen LogP contribution in [0.15, 0.2) is 12.7 Å². The maximum atomic E-state index is 11.1. The Morgan fingerprint density at radius 2 is 2.13 bits per heavy atom. The molecule has 88 valence electrons. The van der Waals surface area contributed by atoms with E-state index in [1.165, 1.54) is 11.8 Å². The van der Waals surface area contributed by atoms with E-state index in [0.29, 0.717) is 6.54 Å². The number of halogens is 1. The first-order chi connectivity index (χ1) is 6.49. The highest BCUT2D eigenvalue weighted by Gasteiger charge is 2.18. The molecule has 0 aromatic rings. The molecule has 0 heterocycles. The molecule has 1 amide bonds. The van der Waals surface area contributed by atoms with E-state index in [0.717, 1.165) is 0 Å². The maximum Gasteiger partial charge on any atom is 0.320 e. The number of rotatable bonds is 6. The van der Waals surface area contributed by atoms with E-state index in [-0.39, 0.29) is 24.9 Å². The quantitative estimate of drug-likeness (QED) is 0.643. The number of nitrogens with one attached hydrogen (secondary N) is 1. The van der Waals surface area contributed by atoms with Gasteiger partial charge >= 0.3 is 5.97 Å². The molecule has 15 heavy (non-hydrogen) atoms. The van der Waals surface area contributed by atoms with Crippen LogP contribution in [0.1, 0.15) is 6.92 Å². The predicted octanol–water partition coefficient (Wildman–Crippen LogP) is 0.115. The van der Waals surface area contributed by atoms with Crippen LogP contribution in [0.25, 0.3) is 0 Å². The minimum atomic E-state index is -0.941. The lowest BCUT2D eigenvalue weighted by atomic mass is 10.3. The van der Waals surface area contributed by atoms with Gasteiger partial charge in [0, 0.05) is 6.54 Å². The van der Waals surface area contributed by atoms with E-state index >= 15 is 0 Å². The molecule has 0 aromatic carbocycles. The summed E-state index contributed by atoms with van der Waals surface area (Å²) in [5.74, 6) is -1.15. The van der Waals surface area contributed by atoms with Crippen LogP contribution in [0.3, 0.4) is 0 Å². The first kappa shape index (κ1) is 16.4. The van der Waals surface area contributed by atoms with Crippen LogP contribution in [0.2, 0.25) is 0 Å². The molecule has 1 atom stereocenters. The fourth-order valence-corrected chi connectivity index (χ4v) is 0.794. The van der Waals surface area contributed by atoms with E-state index in [1.54, 1.807) is 13.1 Å². The molecular weight excluding hydrogens is 220 g/mol. The Morgan fingerprint density at radius 1 is 1.60 bits per heavy atom. The third-order valence-corrected chi connectivity index (χ3v) is 1.86. The SMILES string of the molecule is C=CCNC(=O)CN(C)C(C)C(=O)O.Cl. The minimum absolute atomic E-state index is 0. The van der Waals surface area contributed by atoms with E-state index in [4.69, 9.17) is 5.11 Å². The first-order valence-electron chi connectivity index (χ1n) is 4.29. The third-order valence-electron chi connectivity index (χ3n) is 1.86. The summed E-state index contributed by atoms with van der Waals surface area (Å²) in [5.41, 5.74) is 0. The molecule has 5 nitrogen and oxygen atoms in total. The number of carbonyl (C=O) groups excluding carboxylic acids is 1. The second kappa shape index (κ2) is 8.26. The molecule has 6 heteroatoms. The number of aliphatic carboxylic acids is 1. The van der Waals surface area contributed by atoms with Crippen molar-refractivity contribution in [1.29, 1.82) is 0 Å². The zero-order valence-corrected chi connectivity index (χ0v) is 9.71. The zero-order chi connectivity index (χ0) is 11.1. The largest absolute Gasteiger partial charge is 0.480 e. The van der Waals surface area contributed by atoms with Crippen LogP contribution >= 0.6 is 12.4 Å². The van der Waals surface area contributed by atoms with Crippen molar-refractivity contribution in [2.75, 3.05) is 20.1 Å². The van der Waals surface area contributed by atoms with E-state index in [1.807, 2.05) is 0 Å². The standard InChI is InChI=1S/C9H16N2O3.ClH/c1-4-5-10-8(12)6-11(3)7(2)9(13)14;/h4,7H,1,5-6H2,2-3H3,(H,10,12)(H,13,14);1H. The molecule has 0 aliphatic rings. The Hall–Kier alpha value is -1.07. The van der Waals surface area contributed by atoms with Gasteiger partial charge in [-0.05, 0) is 14.0 Å². The van der Waals surface area contributed by atoms with Gasteiger partial charge in [-0.3, -0.25) is 14.5 Å². The van der Waals surface area contributed by atoms with Gasteiger partial charge in [0.05, 0.1) is 6.54 Å². The van der Waals surface area contributed by atoms with E-state index in [2.05, 4.69) is 11.9 Å². The summed E-state index contributed by atoms with van der Waals surface area (Å²) in [5, 5.41) is 11.2. The topological polar surface area (TPSA) is 69.6 Å². The summed E-state index contributed by atoms with van der Waals surface area (Å²) in [6.45, 7) is 5.45. The predicted molar refractivity (Wildman–Crippen MR) is 60.2 cm³/mol. The molecule has 0 aliphatic heterocycles. The highest BCUT2D eigenvalue weighted by atomic mass is 35.5. The monoisotopic (exact) mass is 236 g/mol. The second-order valence-corrected chi connectivity index (χ2v) is 3.02. The van der Waals surface area contributed by atoms with Crippen molar-refractivity contribution in [3.05, 3.63) is 12.7 Å². The average molecular weight is 237 g/mol. The van der Waals surface area contributed by atoms with Crippen molar-refractivity contribution in [3.8, 4) is 0 Å². The van der Waals surface area contributed by atoms with E-state index in [9.17, 15) is 9.59 Å². The molecule has 0 fully saturated rings. The number of amides is 1. The van der Waals surface area contributed by atoms with Crippen molar-refractivity contribution in [2.24, 2.45) is 0 Å². The van der Waals surface area contributed by atoms with Gasteiger partial charge in [-0.2, -0.15) is 0 Å². The van der Waals surface area contributed by atoms with Crippen molar-refractivity contribution in [2.45, 2.75) is 13.0 Å². The lowest BCUT2D eigenvalue weighted by Crippen LogP contribution is -2.42. The molecule has 0 spiro atoms. The molecule has 0 aromatic heterocycles. The van der Waals surface area contributed by atoms with Gasteiger partial charge < -0.3 is 10.4 Å². The highest BCUT2D eigenvalue weighted by molar-refractivity contribution is 5.85. The van der Waals surface area contributed by atoms with Gasteiger partial charge in [-0.25, -0.2) is 0 Å². The van der Waals surface area contributed by atoms with Crippen LogP contribution in [0.5, 0.6) is 0 Å². The fraction of sp³-hybridized carbons (Fsp3) is 0.556. The summed E-state index contributed by atoms with van der Waals surface area (Å²) >= 11 is 0. The molecule has 0 radical (unpaired) electrons. The van der Waals surface area contributed by atoms with Gasteiger partial charge in [0.1, 0.15) is 6.04 Å². The summed E-state index contributed by atoms with van der Waals surface area (Å²) in [6, 6.07) is -0.663. The number of hydrogen-bond donors (Lipinski definition) is 2. The highest BCUT2D eigenvalue weighted by Crippen LogP contribution is 1.94. The lowest BCUT2D eigenvalue weighted by Gasteiger charge is -2.19. The molecule has 1 unspecified atom stereocenters. The summed E-state index contributed by atoms with van der Waals surface area (Å²) < 4.78 is 0. The van der Waals surface area contributed by atoms with Crippen molar-refractivity contribution >= 4 is 24.3 Å². The Bertz CT molecular complexity index is 233. The zero-order valence-electron chi connectivity index (χ0n) is 8.90. The Morgan fingerprint density at radius 3 is 2.53 bits per heavy atom. The normalized spacial score (nSPS) is 11.4. The fourth-order valence-electron chi connectivity index (χ4n) is 0.794. The number of hydrogen-bond acceptors (Lipinski definition) is 3. The van der Waals surface area contributed by atoms with E-state index < -0.39 is 12.0 Å². The summed E-state index contributed by atoms with van der Waals surface area (Å²) in [7, 11) is 1.59. The van der Waals surface area contributed by atoms with Crippen LogP contribution in [0.4, 0.5) is 0 Å². The van der Waals surface area contributed by atoms with Crippen molar-refractivity contribution < 1.29 is 14.7 Å². The van der Waals surface area contributed by atoms with Gasteiger partial charge in [0.25, 0.3) is 0 Å². The van der Waals surface area contributed by atoms with Crippen LogP contribution in [-0.4, -0.2) is 48.1 Å². The van der Waals surface area contributed by atoms with Gasteiger partial charge in [0.2, 0.25) is 5.91 Å². The maximum absolute atomic E-state index is 11.1. The van der Waals surface area contributed by atoms with Crippen LogP contribution in [-0.2, 0) is 9.59 Å². The third kappa shape index (κ3) is 6.93. The van der Waals surface area contributed by atoms with Gasteiger partial charge in [-0.15, -0.1) is 19.0 Å². The number of carboxylic acids is 1. The summed E-state index contributed by atoms with van der Waals surface area (Å²) in [6.07, 6.45) is 1.57. The summed E-state index contributed by atoms with van der Waals surface area (Å²) in [4.78, 5) is 23.2. The molecule has 0 aliphatic carbocycles. The van der Waals surface area contributed by atoms with Crippen LogP contribution in [0, 0.1) is 0 Å². The van der Waals surface area contributed by atoms with Gasteiger partial charge in [0.15, 0.2) is 0 Å². The molecule has 0 saturated carbocycles. The smallest absolute Gasteiger partial charge is 0.320 e. The second-order valence-electron chi connectivity index (χ2n) is 3.02. The molecule has 0 bridgehead atoms. The molecule has 0 rings (SSSR count). The number of carboxylic acid groups (broad SMARTS) is 1. The lowest BCUT2D eigenvalue weighted by molar-refractivity contribution is -0.142. The number of nitrogens with zero attached hydrogens (tertiary/aromatic N) is 1. The Labute approximate surface area is 95.5 Å². The molecule has 0 saturated heterocycles. The number of carbonyl (C=O) groups is 2. The van der Waals surface area contributed by atoms with Gasteiger partial charge in [-0.1, -0.05) is 6.08 Å². The van der Waals surface area contributed by atoms with Crippen molar-refractivity contribution in [1.82, 2.24) is 10.2 Å². The molecule has 2 N–H and O–H groups in total. The van der Waals surface area contributed by atoms with Crippen molar-refractivity contribution in [3.63, 3.8) is 0 Å². The van der Waals surface area contributed by atoms with Crippen LogP contribution < -0.4 is 5.32 Å². The Balaban J connectivity index is 0. The average Bonchev–Trinajstić information content (AvgIpc) is 2.13. The molecular formula is C9H17ClN2O3. The minimum Gasteiger partial charge on any atom is -0.480 e. The Kier molecular flexibility index (Phi) is 9.01. The first-order valence-corrected chi connectivity index (χ1v) is 4.29. The number of likely N-dealkylation sites (N-methyl/N-ethyl adjacent to an activating group) is 1.